The van der Waals surface area contributed by atoms with Crippen molar-refractivity contribution in [1.29, 1.82) is 0 Å². The molecule has 0 bridgehead atoms. The van der Waals surface area contributed by atoms with Gasteiger partial charge in [0.2, 0.25) is 4.47 Å². The summed E-state index contributed by atoms with van der Waals surface area (Å²) in [6.45, 7) is 0.752. The third-order valence-electron chi connectivity index (χ3n) is 2.24. The van der Waals surface area contributed by atoms with Crippen LogP contribution >= 0.6 is 22.9 Å². The molecule has 1 aromatic heterocycles. The fraction of sp³-hybridized carbons (Fsp3) is 0.714. The number of hydrogen-bond donors (Lipinski definition) is 0. The maximum atomic E-state index is 11.2. The van der Waals surface area contributed by atoms with Gasteiger partial charge in [-0.15, -0.1) is 5.10 Å². The largest absolute Gasteiger partial charge is 0.326 e. The van der Waals surface area contributed by atoms with Crippen molar-refractivity contribution < 1.29 is 0 Å². The summed E-state index contributed by atoms with van der Waals surface area (Å²) in [6.07, 6.45) is 3.74. The number of aromatic nitrogens is 2. The van der Waals surface area contributed by atoms with Gasteiger partial charge in [-0.2, -0.15) is 0 Å². The van der Waals surface area contributed by atoms with Crippen molar-refractivity contribution in [3.8, 4) is 0 Å². The van der Waals surface area contributed by atoms with E-state index in [4.69, 9.17) is 11.6 Å². The zero-order chi connectivity index (χ0) is 8.55. The molecule has 0 atom stereocenters. The van der Waals surface area contributed by atoms with Crippen LogP contribution in [0.5, 0.6) is 0 Å². The van der Waals surface area contributed by atoms with Gasteiger partial charge in [0, 0.05) is 6.54 Å². The second-order valence-electron chi connectivity index (χ2n) is 3.10. The fourth-order valence-corrected chi connectivity index (χ4v) is 2.11. The van der Waals surface area contributed by atoms with Gasteiger partial charge in [-0.25, -0.2) is 4.68 Å². The Labute approximate surface area is 79.0 Å². The monoisotopic (exact) mass is 204 g/mol. The molecule has 0 aromatic carbocycles. The van der Waals surface area contributed by atoms with Crippen LogP contribution in [0.4, 0.5) is 0 Å². The van der Waals surface area contributed by atoms with E-state index in [9.17, 15) is 4.79 Å². The molecule has 0 aliphatic heterocycles. The second-order valence-corrected chi connectivity index (χ2v) is 4.62. The van der Waals surface area contributed by atoms with E-state index >= 15 is 0 Å². The van der Waals surface area contributed by atoms with E-state index in [2.05, 4.69) is 5.10 Å². The lowest BCUT2D eigenvalue weighted by molar-refractivity contribution is 0.264. The van der Waals surface area contributed by atoms with Gasteiger partial charge in [-0.3, -0.25) is 4.79 Å². The lowest BCUT2D eigenvalue weighted by atomic mass is 9.86. The summed E-state index contributed by atoms with van der Waals surface area (Å²) in [6, 6.07) is 0. The molecule has 0 spiro atoms. The highest BCUT2D eigenvalue weighted by atomic mass is 35.5. The molecule has 1 saturated carbocycles. The van der Waals surface area contributed by atoms with Gasteiger partial charge in [0.1, 0.15) is 0 Å². The molecule has 0 amide bonds. The maximum absolute atomic E-state index is 11.2. The average molecular weight is 205 g/mol. The minimum Gasteiger partial charge on any atom is -0.255 e. The van der Waals surface area contributed by atoms with Crippen LogP contribution in [0.25, 0.3) is 0 Å². The van der Waals surface area contributed by atoms with E-state index < -0.39 is 0 Å². The Bertz CT molecular complexity index is 328. The molecule has 3 nitrogen and oxygen atoms in total. The zero-order valence-corrected chi connectivity index (χ0v) is 8.07. The molecule has 0 radical (unpaired) electrons. The molecular formula is C7H9ClN2OS. The predicted octanol–water partition coefficient (Wildman–Crippen LogP) is 1.76. The van der Waals surface area contributed by atoms with Crippen molar-refractivity contribution in [3.63, 3.8) is 0 Å². The van der Waals surface area contributed by atoms with Gasteiger partial charge in [-0.1, -0.05) is 6.42 Å². The van der Waals surface area contributed by atoms with Gasteiger partial charge >= 0.3 is 4.87 Å². The smallest absolute Gasteiger partial charge is 0.255 e. The van der Waals surface area contributed by atoms with Crippen molar-refractivity contribution in [2.24, 2.45) is 5.92 Å². The molecule has 0 N–H and O–H groups in total. The van der Waals surface area contributed by atoms with E-state index in [-0.39, 0.29) is 4.87 Å². The fourth-order valence-electron chi connectivity index (χ4n) is 1.32. The molecule has 66 valence electrons. The SMILES string of the molecule is O=c1sc(Cl)nn1CC1CCC1. The molecule has 1 aliphatic carbocycles. The molecule has 12 heavy (non-hydrogen) atoms. The summed E-state index contributed by atoms with van der Waals surface area (Å²) >= 11 is 6.60. The highest BCUT2D eigenvalue weighted by Gasteiger charge is 2.19. The van der Waals surface area contributed by atoms with Gasteiger partial charge in [-0.05, 0) is 41.7 Å². The molecule has 5 heteroatoms. The molecule has 2 rings (SSSR count). The van der Waals surface area contributed by atoms with Crippen LogP contribution < -0.4 is 4.87 Å². The summed E-state index contributed by atoms with van der Waals surface area (Å²) in [4.78, 5) is 11.1. The molecule has 1 aliphatic rings. The molecule has 0 unspecified atom stereocenters. The van der Waals surface area contributed by atoms with Gasteiger partial charge in [0.25, 0.3) is 0 Å². The van der Waals surface area contributed by atoms with Gasteiger partial charge in [0.15, 0.2) is 0 Å². The lowest BCUT2D eigenvalue weighted by Gasteiger charge is -2.24. The number of rotatable bonds is 2. The summed E-state index contributed by atoms with van der Waals surface area (Å²) in [7, 11) is 0. The van der Waals surface area contributed by atoms with Crippen LogP contribution in [0.2, 0.25) is 4.47 Å². The minimum atomic E-state index is -0.0353. The third-order valence-corrected chi connectivity index (χ3v) is 3.18. The number of nitrogens with zero attached hydrogens (tertiary/aromatic N) is 2. The predicted molar refractivity (Wildman–Crippen MR) is 48.7 cm³/mol. The Morgan fingerprint density at radius 1 is 1.67 bits per heavy atom. The Balaban J connectivity index is 2.11. The Kier molecular flexibility index (Phi) is 2.19. The zero-order valence-electron chi connectivity index (χ0n) is 6.49. The Morgan fingerprint density at radius 2 is 2.42 bits per heavy atom. The minimum absolute atomic E-state index is 0.0353. The highest BCUT2D eigenvalue weighted by molar-refractivity contribution is 7.13. The maximum Gasteiger partial charge on any atom is 0.326 e. The molecule has 1 fully saturated rings. The first-order chi connectivity index (χ1) is 5.75. The first kappa shape index (κ1) is 8.26. The van der Waals surface area contributed by atoms with Crippen LogP contribution in [0.3, 0.4) is 0 Å². The van der Waals surface area contributed by atoms with Gasteiger partial charge in [0.05, 0.1) is 0 Å². The third kappa shape index (κ3) is 1.54. The quantitative estimate of drug-likeness (QED) is 0.736. The standard InChI is InChI=1S/C7H9ClN2OS/c8-6-9-10(7(11)12-6)4-5-2-1-3-5/h5H,1-4H2. The van der Waals surface area contributed by atoms with Crippen LogP contribution in [-0.4, -0.2) is 9.78 Å². The van der Waals surface area contributed by atoms with E-state index in [0.29, 0.717) is 10.4 Å². The molecule has 1 heterocycles. The summed E-state index contributed by atoms with van der Waals surface area (Å²) in [5.74, 6) is 0.654. The molecular weight excluding hydrogens is 196 g/mol. The lowest BCUT2D eigenvalue weighted by Crippen LogP contribution is -2.24. The first-order valence-corrected chi connectivity index (χ1v) is 5.18. The van der Waals surface area contributed by atoms with Crippen molar-refractivity contribution >= 4 is 22.9 Å². The topological polar surface area (TPSA) is 34.9 Å². The first-order valence-electron chi connectivity index (χ1n) is 3.99. The van der Waals surface area contributed by atoms with E-state index in [1.54, 1.807) is 0 Å². The number of halogens is 1. The van der Waals surface area contributed by atoms with Crippen molar-refractivity contribution in [2.45, 2.75) is 25.8 Å². The van der Waals surface area contributed by atoms with E-state index in [0.717, 1.165) is 17.9 Å². The van der Waals surface area contributed by atoms with Crippen LogP contribution in [-0.2, 0) is 6.54 Å². The van der Waals surface area contributed by atoms with Crippen LogP contribution in [0, 0.1) is 5.92 Å². The van der Waals surface area contributed by atoms with Gasteiger partial charge < -0.3 is 0 Å². The summed E-state index contributed by atoms with van der Waals surface area (Å²) in [5, 5.41) is 3.92. The van der Waals surface area contributed by atoms with Crippen LogP contribution in [0.1, 0.15) is 19.3 Å². The van der Waals surface area contributed by atoms with Crippen LogP contribution in [0.15, 0.2) is 4.79 Å². The summed E-state index contributed by atoms with van der Waals surface area (Å²) in [5.41, 5.74) is 0. The summed E-state index contributed by atoms with van der Waals surface area (Å²) < 4.78 is 1.83. The number of hydrogen-bond acceptors (Lipinski definition) is 3. The normalized spacial score (nSPS) is 17.8. The Morgan fingerprint density at radius 3 is 2.83 bits per heavy atom. The average Bonchev–Trinajstić information content (AvgIpc) is 2.21. The highest BCUT2D eigenvalue weighted by Crippen LogP contribution is 2.27. The Hall–Kier alpha value is -0.350. The molecule has 1 aromatic rings. The molecule has 0 saturated heterocycles. The van der Waals surface area contributed by atoms with Crippen molar-refractivity contribution in [2.75, 3.05) is 0 Å². The van der Waals surface area contributed by atoms with Crippen molar-refractivity contribution in [1.82, 2.24) is 9.78 Å². The van der Waals surface area contributed by atoms with E-state index in [1.165, 1.54) is 23.9 Å². The van der Waals surface area contributed by atoms with E-state index in [1.807, 2.05) is 0 Å². The van der Waals surface area contributed by atoms with Crippen molar-refractivity contribution in [3.05, 3.63) is 14.1 Å². The second kappa shape index (κ2) is 3.18.